The summed E-state index contributed by atoms with van der Waals surface area (Å²) < 4.78 is 1.71. The second-order valence-electron chi connectivity index (χ2n) is 9.12. The van der Waals surface area contributed by atoms with Crippen LogP contribution in [-0.4, -0.2) is 38.7 Å². The molecule has 7 heteroatoms. The van der Waals surface area contributed by atoms with Crippen LogP contribution in [0.4, 0.5) is 0 Å². The molecule has 2 aliphatic rings. The molecule has 5 nitrogen and oxygen atoms in total. The summed E-state index contributed by atoms with van der Waals surface area (Å²) in [5.74, 6) is 1.08. The van der Waals surface area contributed by atoms with Gasteiger partial charge in [-0.15, -0.1) is 11.3 Å². The summed E-state index contributed by atoms with van der Waals surface area (Å²) in [5.41, 5.74) is 1.99. The normalized spacial score (nSPS) is 21.0. The third kappa shape index (κ3) is 4.01. The zero-order valence-electron chi connectivity index (χ0n) is 18.7. The molecule has 1 amide bonds. The molecule has 1 aliphatic carbocycles. The lowest BCUT2D eigenvalue weighted by atomic mass is 9.89. The van der Waals surface area contributed by atoms with Gasteiger partial charge >= 0.3 is 0 Å². The van der Waals surface area contributed by atoms with Gasteiger partial charge in [-0.25, -0.2) is 4.98 Å². The molecule has 1 aromatic carbocycles. The number of amides is 1. The summed E-state index contributed by atoms with van der Waals surface area (Å²) in [6.07, 6.45) is 6.40. The van der Waals surface area contributed by atoms with Crippen LogP contribution in [0.25, 0.3) is 15.9 Å². The fraction of sp³-hybridized carbons (Fsp3) is 0.480. The van der Waals surface area contributed by atoms with Gasteiger partial charge in [-0.05, 0) is 69.1 Å². The van der Waals surface area contributed by atoms with Gasteiger partial charge < -0.3 is 4.90 Å². The monoisotopic (exact) mass is 467 g/mol. The predicted octanol–water partition coefficient (Wildman–Crippen LogP) is 5.07. The van der Waals surface area contributed by atoms with Gasteiger partial charge in [0.2, 0.25) is 5.91 Å². The molecular weight excluding hydrogens is 438 g/mol. The highest BCUT2D eigenvalue weighted by molar-refractivity contribution is 7.99. The number of nitrogens with zero attached hydrogens (tertiary/aromatic N) is 3. The van der Waals surface area contributed by atoms with Crippen LogP contribution in [-0.2, 0) is 17.6 Å². The first-order chi connectivity index (χ1) is 15.5. The molecule has 0 bridgehead atoms. The molecular formula is C25H29N3O2S2. The second-order valence-corrected chi connectivity index (χ2v) is 11.1. The van der Waals surface area contributed by atoms with Crippen molar-refractivity contribution in [3.05, 3.63) is 51.1 Å². The number of fused-ring (bicyclic) bond motifs is 3. The SMILES string of the molecule is C[C@@H]1CCc2c(sc3nc(SCC(=O)N4CCCC[C@@H]4C)n(-c4ccccc4)c(=O)c23)C1. The zero-order valence-corrected chi connectivity index (χ0v) is 20.3. The zero-order chi connectivity index (χ0) is 22.2. The molecule has 5 rings (SSSR count). The summed E-state index contributed by atoms with van der Waals surface area (Å²) in [7, 11) is 0. The average molecular weight is 468 g/mol. The number of benzene rings is 1. The Bertz CT molecular complexity index is 1200. The van der Waals surface area contributed by atoms with Gasteiger partial charge in [0.15, 0.2) is 5.16 Å². The van der Waals surface area contributed by atoms with E-state index in [4.69, 9.17) is 4.98 Å². The molecule has 1 fully saturated rings. The predicted molar refractivity (Wildman–Crippen MR) is 132 cm³/mol. The quantitative estimate of drug-likeness (QED) is 0.397. The molecule has 0 saturated carbocycles. The second kappa shape index (κ2) is 9.02. The van der Waals surface area contributed by atoms with E-state index < -0.39 is 0 Å². The first-order valence-corrected chi connectivity index (χ1v) is 13.4. The van der Waals surface area contributed by atoms with Gasteiger partial charge in [0.1, 0.15) is 4.83 Å². The van der Waals surface area contributed by atoms with Crippen LogP contribution >= 0.6 is 23.1 Å². The minimum atomic E-state index is -0.00505. The number of carbonyl (C=O) groups excluding carboxylic acids is 1. The first-order valence-electron chi connectivity index (χ1n) is 11.6. The van der Waals surface area contributed by atoms with Gasteiger partial charge in [-0.2, -0.15) is 0 Å². The van der Waals surface area contributed by atoms with E-state index in [9.17, 15) is 9.59 Å². The van der Waals surface area contributed by atoms with E-state index in [2.05, 4.69) is 13.8 Å². The molecule has 2 atom stereocenters. The Balaban J connectivity index is 1.55. The Morgan fingerprint density at radius 3 is 2.78 bits per heavy atom. The number of hydrogen-bond acceptors (Lipinski definition) is 5. The van der Waals surface area contributed by atoms with Crippen molar-refractivity contribution in [3.8, 4) is 5.69 Å². The number of likely N-dealkylation sites (tertiary alicyclic amines) is 1. The molecule has 0 radical (unpaired) electrons. The fourth-order valence-electron chi connectivity index (χ4n) is 4.95. The third-order valence-corrected chi connectivity index (χ3v) is 8.83. The molecule has 0 spiro atoms. The average Bonchev–Trinajstić information content (AvgIpc) is 3.16. The van der Waals surface area contributed by atoms with Crippen molar-refractivity contribution in [1.29, 1.82) is 0 Å². The molecule has 0 N–H and O–H groups in total. The number of carbonyl (C=O) groups is 1. The summed E-state index contributed by atoms with van der Waals surface area (Å²) in [6, 6.07) is 9.98. The lowest BCUT2D eigenvalue weighted by Crippen LogP contribution is -2.43. The topological polar surface area (TPSA) is 55.2 Å². The van der Waals surface area contributed by atoms with Gasteiger partial charge in [-0.1, -0.05) is 36.9 Å². The van der Waals surface area contributed by atoms with E-state index in [0.717, 1.165) is 54.6 Å². The lowest BCUT2D eigenvalue weighted by molar-refractivity contribution is -0.131. The molecule has 1 saturated heterocycles. The number of piperidine rings is 1. The Kier molecular flexibility index (Phi) is 6.12. The molecule has 1 aliphatic heterocycles. The maximum atomic E-state index is 13.8. The first kappa shape index (κ1) is 21.7. The standard InChI is InChI=1S/C25H29N3O2S2/c1-16-11-12-19-20(14-16)32-23-22(19)24(30)28(18-9-4-3-5-10-18)25(26-23)31-15-21(29)27-13-7-6-8-17(27)2/h3-5,9-10,16-17H,6-8,11-15H2,1-2H3/t16-,17+/m1/s1. The number of para-hydroxylation sites is 1. The van der Waals surface area contributed by atoms with Crippen LogP contribution in [0, 0.1) is 5.92 Å². The van der Waals surface area contributed by atoms with Crippen molar-refractivity contribution < 1.29 is 4.79 Å². The van der Waals surface area contributed by atoms with E-state index in [-0.39, 0.29) is 17.5 Å². The van der Waals surface area contributed by atoms with Crippen molar-refractivity contribution in [2.75, 3.05) is 12.3 Å². The van der Waals surface area contributed by atoms with Gasteiger partial charge in [-0.3, -0.25) is 14.2 Å². The summed E-state index contributed by atoms with van der Waals surface area (Å²) in [5, 5.41) is 1.39. The lowest BCUT2D eigenvalue weighted by Gasteiger charge is -2.33. The molecule has 3 aromatic rings. The van der Waals surface area contributed by atoms with E-state index in [1.807, 2.05) is 35.2 Å². The summed E-state index contributed by atoms with van der Waals surface area (Å²) in [4.78, 5) is 35.8. The highest BCUT2D eigenvalue weighted by Crippen LogP contribution is 2.37. The van der Waals surface area contributed by atoms with Crippen molar-refractivity contribution >= 4 is 39.2 Å². The van der Waals surface area contributed by atoms with E-state index in [1.165, 1.54) is 28.6 Å². The smallest absolute Gasteiger partial charge is 0.267 e. The van der Waals surface area contributed by atoms with E-state index in [1.54, 1.807) is 15.9 Å². The molecule has 168 valence electrons. The van der Waals surface area contributed by atoms with Gasteiger partial charge in [0.05, 0.1) is 16.8 Å². The van der Waals surface area contributed by atoms with Crippen LogP contribution in [0.15, 0.2) is 40.3 Å². The highest BCUT2D eigenvalue weighted by atomic mass is 32.2. The van der Waals surface area contributed by atoms with Gasteiger partial charge in [0, 0.05) is 17.5 Å². The van der Waals surface area contributed by atoms with Crippen molar-refractivity contribution in [2.24, 2.45) is 5.92 Å². The number of thiophene rings is 1. The number of hydrogen-bond donors (Lipinski definition) is 0. The largest absolute Gasteiger partial charge is 0.339 e. The van der Waals surface area contributed by atoms with Crippen LogP contribution in [0.5, 0.6) is 0 Å². The third-order valence-electron chi connectivity index (χ3n) is 6.76. The highest BCUT2D eigenvalue weighted by Gasteiger charge is 2.27. The Labute approximate surface area is 196 Å². The summed E-state index contributed by atoms with van der Waals surface area (Å²) >= 11 is 3.05. The molecule has 3 heterocycles. The Morgan fingerprint density at radius 1 is 1.19 bits per heavy atom. The maximum Gasteiger partial charge on any atom is 0.267 e. The Hall–Kier alpha value is -2.12. The van der Waals surface area contributed by atoms with Crippen LogP contribution in [0.2, 0.25) is 0 Å². The molecule has 2 aromatic heterocycles. The minimum absolute atomic E-state index is 0.00505. The number of aromatic nitrogens is 2. The van der Waals surface area contributed by atoms with Gasteiger partial charge in [0.25, 0.3) is 5.56 Å². The van der Waals surface area contributed by atoms with Crippen molar-refractivity contribution in [3.63, 3.8) is 0 Å². The van der Waals surface area contributed by atoms with Crippen LogP contribution in [0.3, 0.4) is 0 Å². The maximum absolute atomic E-state index is 13.8. The molecule has 0 unspecified atom stereocenters. The van der Waals surface area contributed by atoms with E-state index in [0.29, 0.717) is 16.8 Å². The number of thioether (sulfide) groups is 1. The number of rotatable bonds is 4. The number of aryl methyl sites for hydroxylation is 1. The van der Waals surface area contributed by atoms with Crippen LogP contribution in [0.1, 0.15) is 50.0 Å². The van der Waals surface area contributed by atoms with E-state index >= 15 is 0 Å². The fourth-order valence-corrected chi connectivity index (χ4v) is 7.27. The van der Waals surface area contributed by atoms with Crippen molar-refractivity contribution in [1.82, 2.24) is 14.5 Å². The van der Waals surface area contributed by atoms with Crippen molar-refractivity contribution in [2.45, 2.75) is 63.6 Å². The Morgan fingerprint density at radius 2 is 2.00 bits per heavy atom. The van der Waals surface area contributed by atoms with Crippen LogP contribution < -0.4 is 5.56 Å². The molecule has 32 heavy (non-hydrogen) atoms. The minimum Gasteiger partial charge on any atom is -0.339 e. The summed E-state index contributed by atoms with van der Waals surface area (Å²) in [6.45, 7) is 5.23.